The first kappa shape index (κ1) is 17.8. The Balaban J connectivity index is 3.22. The average molecular weight is 328 g/mol. The van der Waals surface area contributed by atoms with Crippen molar-refractivity contribution in [2.75, 3.05) is 18.8 Å². The van der Waals surface area contributed by atoms with Gasteiger partial charge in [0, 0.05) is 19.3 Å². The summed E-state index contributed by atoms with van der Waals surface area (Å²) in [6.45, 7) is 3.55. The molecule has 0 amide bonds. The Morgan fingerprint density at radius 3 is 2.38 bits per heavy atom. The summed E-state index contributed by atoms with van der Waals surface area (Å²) in [4.78, 5) is -0.394. The molecular weight excluding hydrogens is 309 g/mol. The molecule has 1 aromatic rings. The second-order valence-corrected chi connectivity index (χ2v) is 6.95. The van der Waals surface area contributed by atoms with Gasteiger partial charge in [0.1, 0.15) is 11.4 Å². The molecule has 0 aromatic carbocycles. The van der Waals surface area contributed by atoms with Crippen molar-refractivity contribution < 1.29 is 21.6 Å². The molecule has 2 N–H and O–H groups in total. The largest absolute Gasteiger partial charge is 0.402 e. The number of sulfonamides is 1. The number of nitrogen functional groups attached to an aromatic ring is 1. The average Bonchev–Trinajstić information content (AvgIpc) is 2.68. The smallest absolute Gasteiger partial charge is 0.381 e. The Hall–Kier alpha value is -1.29. The van der Waals surface area contributed by atoms with Gasteiger partial charge in [-0.15, -0.1) is 0 Å². The number of rotatable bonds is 6. The molecule has 10 heteroatoms. The van der Waals surface area contributed by atoms with Gasteiger partial charge in [-0.1, -0.05) is 13.8 Å². The molecule has 0 spiro atoms. The predicted octanol–water partition coefficient (Wildman–Crippen LogP) is 1.69. The summed E-state index contributed by atoms with van der Waals surface area (Å²) in [6.07, 6.45) is -3.48. The highest BCUT2D eigenvalue weighted by atomic mass is 32.2. The molecule has 122 valence electrons. The molecule has 0 aliphatic carbocycles. The summed E-state index contributed by atoms with van der Waals surface area (Å²) in [5.74, 6) is -0.558. The van der Waals surface area contributed by atoms with Crippen molar-refractivity contribution in [1.82, 2.24) is 14.1 Å². The molecule has 0 atom stereocenters. The molecule has 0 saturated carbocycles. The van der Waals surface area contributed by atoms with Crippen LogP contribution in [-0.4, -0.2) is 41.8 Å². The number of anilines is 1. The molecule has 1 aromatic heterocycles. The lowest BCUT2D eigenvalue weighted by molar-refractivity contribution is -0.136. The fraction of sp³-hybridized carbons (Fsp3) is 0.727. The van der Waals surface area contributed by atoms with Gasteiger partial charge >= 0.3 is 6.18 Å². The molecule has 1 rings (SSSR count). The quantitative estimate of drug-likeness (QED) is 0.862. The number of halogens is 3. The second-order valence-electron chi connectivity index (χ2n) is 5.04. The zero-order valence-electron chi connectivity index (χ0n) is 12.1. The van der Waals surface area contributed by atoms with E-state index in [9.17, 15) is 21.6 Å². The Bertz CT molecular complexity index is 581. The van der Waals surface area contributed by atoms with Gasteiger partial charge in [0.05, 0.1) is 0 Å². The summed E-state index contributed by atoms with van der Waals surface area (Å²) in [7, 11) is -4.34. The van der Waals surface area contributed by atoms with Crippen LogP contribution in [0.2, 0.25) is 0 Å². The zero-order chi connectivity index (χ0) is 16.4. The third-order valence-electron chi connectivity index (χ3n) is 2.62. The predicted molar refractivity (Wildman–Crippen MR) is 72.0 cm³/mol. The minimum Gasteiger partial charge on any atom is -0.381 e. The number of hydrogen-bond donors (Lipinski definition) is 1. The van der Waals surface area contributed by atoms with Gasteiger partial charge in [0.15, 0.2) is 5.82 Å². The topological polar surface area (TPSA) is 81.2 Å². The number of aromatic nitrogens is 2. The van der Waals surface area contributed by atoms with Crippen LogP contribution in [0.25, 0.3) is 0 Å². The summed E-state index contributed by atoms with van der Waals surface area (Å²) < 4.78 is 64.3. The summed E-state index contributed by atoms with van der Waals surface area (Å²) in [6, 6.07) is 0. The zero-order valence-corrected chi connectivity index (χ0v) is 12.9. The Kier molecular flexibility index (Phi) is 5.26. The molecule has 0 bridgehead atoms. The maximum atomic E-state index is 12.6. The van der Waals surface area contributed by atoms with Crippen LogP contribution in [0.15, 0.2) is 11.1 Å². The standard InChI is InChI=1S/C11H19F3N4O2S/c1-4-17-6-9(10(15)16-17)21(19,20)18(5-8(2)3)7-11(12,13)14/h6,8H,4-5,7H2,1-3H3,(H2,15,16). The number of hydrogen-bond acceptors (Lipinski definition) is 4. The number of aryl methyl sites for hydroxylation is 1. The van der Waals surface area contributed by atoms with Crippen molar-refractivity contribution in [2.24, 2.45) is 5.92 Å². The molecule has 0 aliphatic rings. The van der Waals surface area contributed by atoms with Crippen LogP contribution in [0.5, 0.6) is 0 Å². The molecular formula is C11H19F3N4O2S. The Morgan fingerprint density at radius 2 is 2.00 bits per heavy atom. The van der Waals surface area contributed by atoms with Gasteiger partial charge in [-0.05, 0) is 12.8 Å². The van der Waals surface area contributed by atoms with Crippen molar-refractivity contribution in [2.45, 2.75) is 38.4 Å². The molecule has 0 saturated heterocycles. The lowest BCUT2D eigenvalue weighted by atomic mass is 10.2. The van der Waals surface area contributed by atoms with Crippen LogP contribution in [0, 0.1) is 5.92 Å². The van der Waals surface area contributed by atoms with E-state index in [4.69, 9.17) is 5.73 Å². The van der Waals surface area contributed by atoms with Crippen LogP contribution in [0.3, 0.4) is 0 Å². The second kappa shape index (κ2) is 6.22. The van der Waals surface area contributed by atoms with E-state index >= 15 is 0 Å². The fourth-order valence-electron chi connectivity index (χ4n) is 1.77. The highest BCUT2D eigenvalue weighted by Crippen LogP contribution is 2.26. The maximum Gasteiger partial charge on any atom is 0.402 e. The molecule has 0 fully saturated rings. The summed E-state index contributed by atoms with van der Waals surface area (Å²) >= 11 is 0. The van der Waals surface area contributed by atoms with E-state index in [-0.39, 0.29) is 18.3 Å². The highest BCUT2D eigenvalue weighted by molar-refractivity contribution is 7.89. The van der Waals surface area contributed by atoms with E-state index in [0.717, 1.165) is 6.20 Å². The third-order valence-corrected chi connectivity index (χ3v) is 4.45. The molecule has 0 aliphatic heterocycles. The molecule has 1 heterocycles. The number of nitrogens with two attached hydrogens (primary N) is 1. The fourth-order valence-corrected chi connectivity index (χ4v) is 3.42. The van der Waals surface area contributed by atoms with Crippen molar-refractivity contribution in [3.05, 3.63) is 6.20 Å². The van der Waals surface area contributed by atoms with Crippen LogP contribution in [0.4, 0.5) is 19.0 Å². The van der Waals surface area contributed by atoms with Crippen LogP contribution >= 0.6 is 0 Å². The molecule has 6 nitrogen and oxygen atoms in total. The van der Waals surface area contributed by atoms with Gasteiger partial charge in [0.25, 0.3) is 0 Å². The van der Waals surface area contributed by atoms with E-state index < -0.39 is 27.6 Å². The summed E-state index contributed by atoms with van der Waals surface area (Å²) in [5, 5.41) is 3.76. The Labute approximate surface area is 121 Å². The number of alkyl halides is 3. The number of nitrogens with zero attached hydrogens (tertiary/aromatic N) is 3. The van der Waals surface area contributed by atoms with Gasteiger partial charge in [-0.25, -0.2) is 8.42 Å². The maximum absolute atomic E-state index is 12.6. The first-order chi connectivity index (χ1) is 9.47. The van der Waals surface area contributed by atoms with E-state index in [2.05, 4.69) is 5.10 Å². The lowest BCUT2D eigenvalue weighted by Gasteiger charge is -2.24. The molecule has 0 unspecified atom stereocenters. The first-order valence-corrected chi connectivity index (χ1v) is 7.81. The van der Waals surface area contributed by atoms with Crippen molar-refractivity contribution in [3.63, 3.8) is 0 Å². The van der Waals surface area contributed by atoms with E-state index in [0.29, 0.717) is 10.8 Å². The Morgan fingerprint density at radius 1 is 1.43 bits per heavy atom. The van der Waals surface area contributed by atoms with Crippen molar-refractivity contribution in [1.29, 1.82) is 0 Å². The first-order valence-electron chi connectivity index (χ1n) is 6.37. The van der Waals surface area contributed by atoms with E-state index in [1.54, 1.807) is 20.8 Å². The van der Waals surface area contributed by atoms with E-state index in [1.165, 1.54) is 4.68 Å². The van der Waals surface area contributed by atoms with Crippen LogP contribution in [0.1, 0.15) is 20.8 Å². The lowest BCUT2D eigenvalue weighted by Crippen LogP contribution is -2.41. The molecule has 0 radical (unpaired) electrons. The van der Waals surface area contributed by atoms with Crippen LogP contribution < -0.4 is 5.73 Å². The third kappa shape index (κ3) is 4.60. The van der Waals surface area contributed by atoms with Crippen molar-refractivity contribution >= 4 is 15.8 Å². The minimum absolute atomic E-state index is 0.251. The normalized spacial score (nSPS) is 13.3. The SMILES string of the molecule is CCn1cc(S(=O)(=O)N(CC(C)C)CC(F)(F)F)c(N)n1. The van der Waals surface area contributed by atoms with Gasteiger partial charge in [-0.3, -0.25) is 4.68 Å². The van der Waals surface area contributed by atoms with Gasteiger partial charge in [-0.2, -0.15) is 22.6 Å². The van der Waals surface area contributed by atoms with Gasteiger partial charge in [0.2, 0.25) is 10.0 Å². The van der Waals surface area contributed by atoms with Crippen molar-refractivity contribution in [3.8, 4) is 0 Å². The monoisotopic (exact) mass is 328 g/mol. The highest BCUT2D eigenvalue weighted by Gasteiger charge is 2.38. The van der Waals surface area contributed by atoms with Gasteiger partial charge < -0.3 is 5.73 Å². The van der Waals surface area contributed by atoms with E-state index in [1.807, 2.05) is 0 Å². The summed E-state index contributed by atoms with van der Waals surface area (Å²) in [5.41, 5.74) is 5.52. The van der Waals surface area contributed by atoms with Crippen LogP contribution in [-0.2, 0) is 16.6 Å². The molecule has 21 heavy (non-hydrogen) atoms. The minimum atomic E-state index is -4.63.